The van der Waals surface area contributed by atoms with Crippen LogP contribution in [-0.4, -0.2) is 41.4 Å². The number of hydrogen-bond acceptors (Lipinski definition) is 4. The van der Waals surface area contributed by atoms with Gasteiger partial charge in [-0.3, -0.25) is 9.59 Å². The fraction of sp³-hybridized carbons (Fsp3) is 0.350. The summed E-state index contributed by atoms with van der Waals surface area (Å²) in [6.45, 7) is 4.20. The second kappa shape index (κ2) is 7.26. The largest absolute Gasteiger partial charge is 0.478 e. The van der Waals surface area contributed by atoms with Crippen molar-refractivity contribution in [1.29, 1.82) is 0 Å². The Morgan fingerprint density at radius 1 is 1.22 bits per heavy atom. The first-order valence-electron chi connectivity index (χ1n) is 8.77. The number of carboxylic acids is 1. The van der Waals surface area contributed by atoms with Gasteiger partial charge in [0.15, 0.2) is 0 Å². The molecule has 0 radical (unpaired) electrons. The van der Waals surface area contributed by atoms with Gasteiger partial charge in [0.1, 0.15) is 17.1 Å². The van der Waals surface area contributed by atoms with Crippen LogP contribution in [0.25, 0.3) is 0 Å². The normalized spacial score (nSPS) is 13.9. The Hall–Kier alpha value is -3.09. The molecule has 0 spiro atoms. The minimum Gasteiger partial charge on any atom is -0.478 e. The fourth-order valence-corrected chi connectivity index (χ4v) is 3.30. The molecule has 2 heterocycles. The lowest BCUT2D eigenvalue weighted by Crippen LogP contribution is -2.31. The van der Waals surface area contributed by atoms with Crippen LogP contribution in [0.4, 0.5) is 5.69 Å². The molecule has 1 N–H and O–H groups in total. The van der Waals surface area contributed by atoms with Crippen LogP contribution < -0.4 is 4.90 Å². The topological polar surface area (TPSA) is 91.1 Å². The number of aryl methyl sites for hydroxylation is 2. The Bertz CT molecular complexity index is 915. The van der Waals surface area contributed by atoms with Gasteiger partial charge in [-0.25, -0.2) is 4.79 Å². The highest BCUT2D eigenvalue weighted by molar-refractivity contribution is 6.05. The van der Waals surface area contributed by atoms with Crippen LogP contribution >= 0.6 is 0 Å². The maximum absolute atomic E-state index is 13.0. The number of hydrogen-bond donors (Lipinski definition) is 1. The van der Waals surface area contributed by atoms with Crippen molar-refractivity contribution in [3.63, 3.8) is 0 Å². The van der Waals surface area contributed by atoms with E-state index in [2.05, 4.69) is 0 Å². The summed E-state index contributed by atoms with van der Waals surface area (Å²) in [5, 5.41) is 9.14. The molecular weight excluding hydrogens is 348 g/mol. The zero-order valence-electron chi connectivity index (χ0n) is 15.6. The van der Waals surface area contributed by atoms with Gasteiger partial charge < -0.3 is 19.3 Å². The first kappa shape index (κ1) is 18.7. The molecule has 142 valence electrons. The molecule has 1 aromatic heterocycles. The van der Waals surface area contributed by atoms with Gasteiger partial charge >= 0.3 is 5.97 Å². The van der Waals surface area contributed by atoms with Gasteiger partial charge in [-0.15, -0.1) is 0 Å². The molecule has 1 aliphatic rings. The first-order chi connectivity index (χ1) is 12.8. The number of amides is 2. The molecule has 0 atom stereocenters. The smallest absolute Gasteiger partial charge is 0.339 e. The van der Waals surface area contributed by atoms with E-state index in [1.165, 1.54) is 11.0 Å². The molecule has 1 aromatic carbocycles. The van der Waals surface area contributed by atoms with E-state index in [1.54, 1.807) is 31.0 Å². The van der Waals surface area contributed by atoms with Crippen molar-refractivity contribution >= 4 is 23.5 Å². The number of rotatable bonds is 5. The molecule has 0 aliphatic carbocycles. The minimum absolute atomic E-state index is 0.0170. The van der Waals surface area contributed by atoms with E-state index in [9.17, 15) is 14.4 Å². The number of carboxylic acid groups (broad SMARTS) is 1. The third kappa shape index (κ3) is 3.72. The number of anilines is 1. The van der Waals surface area contributed by atoms with Gasteiger partial charge in [-0.05, 0) is 38.5 Å². The van der Waals surface area contributed by atoms with Crippen LogP contribution in [-0.2, 0) is 11.3 Å². The van der Waals surface area contributed by atoms with Gasteiger partial charge in [-0.1, -0.05) is 11.6 Å². The van der Waals surface area contributed by atoms with Crippen LogP contribution in [0, 0.1) is 13.8 Å². The number of aromatic carboxylic acids is 1. The Kier molecular flexibility index (Phi) is 5.03. The van der Waals surface area contributed by atoms with Crippen molar-refractivity contribution in [2.45, 2.75) is 33.2 Å². The molecule has 1 saturated heterocycles. The highest BCUT2D eigenvalue weighted by atomic mass is 16.4. The van der Waals surface area contributed by atoms with Crippen LogP contribution in [0.1, 0.15) is 50.6 Å². The summed E-state index contributed by atoms with van der Waals surface area (Å²) in [6.07, 6.45) is 1.26. The number of carbonyl (C=O) groups is 3. The predicted octanol–water partition coefficient (Wildman–Crippen LogP) is 2.99. The molecule has 2 aromatic rings. The zero-order valence-corrected chi connectivity index (χ0v) is 15.6. The monoisotopic (exact) mass is 370 g/mol. The second-order valence-corrected chi connectivity index (χ2v) is 6.82. The molecule has 0 saturated carbocycles. The Morgan fingerprint density at radius 2 is 1.96 bits per heavy atom. The summed E-state index contributed by atoms with van der Waals surface area (Å²) in [7, 11) is 1.62. The van der Waals surface area contributed by atoms with Crippen molar-refractivity contribution in [3.05, 3.63) is 52.5 Å². The van der Waals surface area contributed by atoms with E-state index in [1.807, 2.05) is 13.0 Å². The predicted molar refractivity (Wildman–Crippen MR) is 99.0 cm³/mol. The lowest BCUT2D eigenvalue weighted by Gasteiger charge is -2.23. The van der Waals surface area contributed by atoms with E-state index in [0.717, 1.165) is 12.0 Å². The summed E-state index contributed by atoms with van der Waals surface area (Å²) in [4.78, 5) is 39.4. The van der Waals surface area contributed by atoms with Gasteiger partial charge in [0.2, 0.25) is 5.91 Å². The lowest BCUT2D eigenvalue weighted by atomic mass is 10.1. The van der Waals surface area contributed by atoms with Crippen molar-refractivity contribution in [3.8, 4) is 0 Å². The van der Waals surface area contributed by atoms with E-state index in [0.29, 0.717) is 35.7 Å². The summed E-state index contributed by atoms with van der Waals surface area (Å²) in [5.41, 5.74) is 2.07. The number of furan rings is 1. The summed E-state index contributed by atoms with van der Waals surface area (Å²) >= 11 is 0. The van der Waals surface area contributed by atoms with Gasteiger partial charge in [0.25, 0.3) is 5.91 Å². The number of carbonyl (C=O) groups excluding carboxylic acids is 2. The Balaban J connectivity index is 1.86. The maximum atomic E-state index is 13.0. The van der Waals surface area contributed by atoms with Gasteiger partial charge in [0.05, 0.1) is 17.8 Å². The van der Waals surface area contributed by atoms with Gasteiger partial charge in [-0.2, -0.15) is 0 Å². The fourth-order valence-electron chi connectivity index (χ4n) is 3.30. The van der Waals surface area contributed by atoms with Crippen LogP contribution in [0.15, 0.2) is 28.7 Å². The number of benzene rings is 1. The van der Waals surface area contributed by atoms with Crippen LogP contribution in [0.3, 0.4) is 0 Å². The Morgan fingerprint density at radius 3 is 2.56 bits per heavy atom. The molecule has 27 heavy (non-hydrogen) atoms. The van der Waals surface area contributed by atoms with E-state index >= 15 is 0 Å². The lowest BCUT2D eigenvalue weighted by molar-refractivity contribution is -0.117. The molecule has 2 amide bonds. The van der Waals surface area contributed by atoms with Crippen molar-refractivity contribution in [2.75, 3.05) is 18.5 Å². The molecule has 1 fully saturated rings. The highest BCUT2D eigenvalue weighted by Gasteiger charge is 2.27. The molecule has 3 rings (SSSR count). The van der Waals surface area contributed by atoms with E-state index in [4.69, 9.17) is 9.52 Å². The second-order valence-electron chi connectivity index (χ2n) is 6.82. The quantitative estimate of drug-likeness (QED) is 0.874. The van der Waals surface area contributed by atoms with Crippen molar-refractivity contribution in [2.24, 2.45) is 0 Å². The van der Waals surface area contributed by atoms with Crippen molar-refractivity contribution in [1.82, 2.24) is 4.90 Å². The molecule has 7 heteroatoms. The average Bonchev–Trinajstić information content (AvgIpc) is 3.19. The molecule has 7 nitrogen and oxygen atoms in total. The molecular formula is C20H22N2O5. The van der Waals surface area contributed by atoms with Crippen LogP contribution in [0.2, 0.25) is 0 Å². The van der Waals surface area contributed by atoms with Crippen molar-refractivity contribution < 1.29 is 23.9 Å². The van der Waals surface area contributed by atoms with Crippen LogP contribution in [0.5, 0.6) is 0 Å². The third-order valence-corrected chi connectivity index (χ3v) is 4.69. The minimum atomic E-state index is -1.06. The van der Waals surface area contributed by atoms with E-state index in [-0.39, 0.29) is 23.9 Å². The number of nitrogens with zero attached hydrogens (tertiary/aromatic N) is 2. The van der Waals surface area contributed by atoms with Gasteiger partial charge in [0, 0.05) is 20.0 Å². The van der Waals surface area contributed by atoms with E-state index < -0.39 is 5.97 Å². The Labute approximate surface area is 157 Å². The highest BCUT2D eigenvalue weighted by Crippen LogP contribution is 2.28. The summed E-state index contributed by atoms with van der Waals surface area (Å²) < 4.78 is 5.46. The first-order valence-corrected chi connectivity index (χ1v) is 8.77. The summed E-state index contributed by atoms with van der Waals surface area (Å²) in [6, 6.07) is 6.89. The molecule has 1 aliphatic heterocycles. The average molecular weight is 370 g/mol. The SMILES string of the molecule is Cc1ccc(N2CCCC2=O)c(C(=O)N(C)Cc2cc(C(=O)O)c(C)o2)c1. The zero-order chi connectivity index (χ0) is 19.7. The molecule has 0 unspecified atom stereocenters. The maximum Gasteiger partial charge on any atom is 0.339 e. The third-order valence-electron chi connectivity index (χ3n) is 4.69. The summed E-state index contributed by atoms with van der Waals surface area (Å²) in [5.74, 6) is -0.600. The molecule has 0 bridgehead atoms. The standard InChI is InChI=1S/C20H22N2O5/c1-12-6-7-17(22-8-4-5-18(22)23)16(9-12)19(24)21(3)11-14-10-15(20(25)26)13(2)27-14/h6-7,9-10H,4-5,8,11H2,1-3H3,(H,25,26).